The zero-order valence-electron chi connectivity index (χ0n) is 13.8. The SMILES string of the molecule is CCc1ccccc1NC(=O)C1=C(C)C(=O)OC12CCCCC2. The van der Waals surface area contributed by atoms with Crippen LogP contribution < -0.4 is 5.32 Å². The number of carbonyl (C=O) groups is 2. The second-order valence-corrected chi connectivity index (χ2v) is 6.41. The molecule has 0 bridgehead atoms. The number of amides is 1. The van der Waals surface area contributed by atoms with Crippen molar-refractivity contribution >= 4 is 17.6 Å². The van der Waals surface area contributed by atoms with Crippen molar-refractivity contribution in [1.29, 1.82) is 0 Å². The maximum atomic E-state index is 12.9. The van der Waals surface area contributed by atoms with Gasteiger partial charge in [-0.15, -0.1) is 0 Å². The van der Waals surface area contributed by atoms with E-state index < -0.39 is 5.60 Å². The van der Waals surface area contributed by atoms with Crippen LogP contribution in [0.15, 0.2) is 35.4 Å². The fourth-order valence-electron chi connectivity index (χ4n) is 3.74. The lowest BCUT2D eigenvalue weighted by Crippen LogP contribution is -2.39. The highest BCUT2D eigenvalue weighted by Crippen LogP contribution is 2.44. The quantitative estimate of drug-likeness (QED) is 0.864. The Bertz CT molecular complexity index is 669. The van der Waals surface area contributed by atoms with E-state index in [0.717, 1.165) is 49.8 Å². The van der Waals surface area contributed by atoms with Gasteiger partial charge >= 0.3 is 5.97 Å². The summed E-state index contributed by atoms with van der Waals surface area (Å²) in [5.74, 6) is -0.544. The number of esters is 1. The molecule has 1 aromatic carbocycles. The van der Waals surface area contributed by atoms with Crippen LogP contribution in [0, 0.1) is 0 Å². The molecule has 1 aliphatic heterocycles. The molecule has 1 aromatic rings. The number of nitrogens with one attached hydrogen (secondary N) is 1. The summed E-state index contributed by atoms with van der Waals surface area (Å²) in [5.41, 5.74) is 2.18. The van der Waals surface area contributed by atoms with Gasteiger partial charge < -0.3 is 10.1 Å². The number of rotatable bonds is 3. The highest BCUT2D eigenvalue weighted by atomic mass is 16.6. The first-order valence-electron chi connectivity index (χ1n) is 8.41. The van der Waals surface area contributed by atoms with Crippen LogP contribution in [0.3, 0.4) is 0 Å². The predicted molar refractivity (Wildman–Crippen MR) is 89.1 cm³/mol. The van der Waals surface area contributed by atoms with E-state index in [1.54, 1.807) is 6.92 Å². The van der Waals surface area contributed by atoms with Crippen molar-refractivity contribution in [3.63, 3.8) is 0 Å². The van der Waals surface area contributed by atoms with Gasteiger partial charge in [0.15, 0.2) is 0 Å². The monoisotopic (exact) mass is 313 g/mol. The number of carbonyl (C=O) groups excluding carboxylic acids is 2. The molecule has 0 aromatic heterocycles. The Labute approximate surface area is 136 Å². The third kappa shape index (κ3) is 2.78. The van der Waals surface area contributed by atoms with Gasteiger partial charge in [-0.25, -0.2) is 4.79 Å². The molecular formula is C19H23NO3. The fraction of sp³-hybridized carbons (Fsp3) is 0.474. The standard InChI is InChI=1S/C19H23NO3/c1-3-14-9-5-6-10-15(14)20-17(21)16-13(2)18(22)23-19(16)11-7-4-8-12-19/h5-6,9-10H,3-4,7-8,11-12H2,1-2H3,(H,20,21). The smallest absolute Gasteiger partial charge is 0.335 e. The van der Waals surface area contributed by atoms with Gasteiger partial charge in [-0.05, 0) is 50.7 Å². The molecule has 0 unspecified atom stereocenters. The van der Waals surface area contributed by atoms with Crippen LogP contribution >= 0.6 is 0 Å². The maximum Gasteiger partial charge on any atom is 0.335 e. The Kier molecular flexibility index (Phi) is 4.24. The molecule has 2 aliphatic rings. The van der Waals surface area contributed by atoms with Gasteiger partial charge in [-0.2, -0.15) is 0 Å². The zero-order valence-corrected chi connectivity index (χ0v) is 13.8. The number of benzene rings is 1. The molecular weight excluding hydrogens is 290 g/mol. The topological polar surface area (TPSA) is 55.4 Å². The Hall–Kier alpha value is -2.10. The molecule has 0 radical (unpaired) electrons. The molecule has 122 valence electrons. The normalized spacial score (nSPS) is 19.8. The molecule has 1 fully saturated rings. The molecule has 1 N–H and O–H groups in total. The van der Waals surface area contributed by atoms with E-state index in [1.165, 1.54) is 0 Å². The van der Waals surface area contributed by atoms with Crippen molar-refractivity contribution in [3.8, 4) is 0 Å². The first kappa shape index (κ1) is 15.8. The summed E-state index contributed by atoms with van der Waals surface area (Å²) in [4.78, 5) is 25.0. The van der Waals surface area contributed by atoms with Crippen molar-refractivity contribution in [1.82, 2.24) is 0 Å². The minimum Gasteiger partial charge on any atom is -0.451 e. The molecule has 1 saturated carbocycles. The largest absolute Gasteiger partial charge is 0.451 e. The van der Waals surface area contributed by atoms with Gasteiger partial charge in [-0.1, -0.05) is 31.5 Å². The molecule has 0 atom stereocenters. The van der Waals surface area contributed by atoms with Crippen LogP contribution in [0.4, 0.5) is 5.69 Å². The Morgan fingerprint density at radius 2 is 1.91 bits per heavy atom. The molecule has 1 amide bonds. The lowest BCUT2D eigenvalue weighted by Gasteiger charge is -2.34. The Balaban J connectivity index is 1.91. The molecule has 4 heteroatoms. The van der Waals surface area contributed by atoms with Gasteiger partial charge in [0.1, 0.15) is 5.60 Å². The van der Waals surface area contributed by atoms with Gasteiger partial charge in [0, 0.05) is 11.3 Å². The minimum absolute atomic E-state index is 0.198. The number of hydrogen-bond acceptors (Lipinski definition) is 3. The summed E-state index contributed by atoms with van der Waals surface area (Å²) >= 11 is 0. The molecule has 4 nitrogen and oxygen atoms in total. The average Bonchev–Trinajstić information content (AvgIpc) is 2.79. The first-order chi connectivity index (χ1) is 11.1. The molecule has 1 heterocycles. The summed E-state index contributed by atoms with van der Waals surface area (Å²) in [7, 11) is 0. The highest BCUT2D eigenvalue weighted by Gasteiger charge is 2.49. The summed E-state index contributed by atoms with van der Waals surface area (Å²) in [6.07, 6.45) is 5.44. The predicted octanol–water partition coefficient (Wildman–Crippen LogP) is 3.76. The average molecular weight is 313 g/mol. The van der Waals surface area contributed by atoms with Crippen LogP contribution in [-0.2, 0) is 20.7 Å². The van der Waals surface area contributed by atoms with Gasteiger partial charge in [0.2, 0.25) is 0 Å². The van der Waals surface area contributed by atoms with E-state index in [9.17, 15) is 9.59 Å². The van der Waals surface area contributed by atoms with E-state index in [0.29, 0.717) is 11.1 Å². The number of aryl methyl sites for hydroxylation is 1. The van der Waals surface area contributed by atoms with E-state index in [1.807, 2.05) is 24.3 Å². The third-order valence-electron chi connectivity index (χ3n) is 4.96. The zero-order chi connectivity index (χ0) is 16.4. The van der Waals surface area contributed by atoms with E-state index in [-0.39, 0.29) is 11.9 Å². The van der Waals surface area contributed by atoms with E-state index in [2.05, 4.69) is 12.2 Å². The van der Waals surface area contributed by atoms with Crippen LogP contribution in [-0.4, -0.2) is 17.5 Å². The Morgan fingerprint density at radius 1 is 1.22 bits per heavy atom. The number of hydrogen-bond donors (Lipinski definition) is 1. The van der Waals surface area contributed by atoms with Gasteiger partial charge in [0.25, 0.3) is 5.91 Å². The number of anilines is 1. The van der Waals surface area contributed by atoms with Gasteiger partial charge in [-0.3, -0.25) is 4.79 Å². The molecule has 3 rings (SSSR count). The molecule has 0 saturated heterocycles. The first-order valence-corrected chi connectivity index (χ1v) is 8.41. The van der Waals surface area contributed by atoms with Crippen LogP contribution in [0.5, 0.6) is 0 Å². The molecule has 1 spiro atoms. The lowest BCUT2D eigenvalue weighted by molar-refractivity contribution is -0.149. The fourth-order valence-corrected chi connectivity index (χ4v) is 3.74. The second kappa shape index (κ2) is 6.19. The van der Waals surface area contributed by atoms with Crippen molar-refractivity contribution in [3.05, 3.63) is 41.0 Å². The van der Waals surface area contributed by atoms with Gasteiger partial charge in [0.05, 0.1) is 5.57 Å². The summed E-state index contributed by atoms with van der Waals surface area (Å²) in [6.45, 7) is 3.76. The summed E-state index contributed by atoms with van der Waals surface area (Å²) in [6, 6.07) is 7.77. The molecule has 1 aliphatic carbocycles. The Morgan fingerprint density at radius 3 is 2.61 bits per heavy atom. The van der Waals surface area contributed by atoms with Crippen molar-refractivity contribution in [2.45, 2.75) is 58.0 Å². The van der Waals surface area contributed by atoms with Crippen molar-refractivity contribution < 1.29 is 14.3 Å². The van der Waals surface area contributed by atoms with E-state index >= 15 is 0 Å². The van der Waals surface area contributed by atoms with Crippen LogP contribution in [0.25, 0.3) is 0 Å². The summed E-state index contributed by atoms with van der Waals surface area (Å²) in [5, 5.41) is 3.00. The third-order valence-corrected chi connectivity index (χ3v) is 4.96. The number of ether oxygens (including phenoxy) is 1. The number of para-hydroxylation sites is 1. The lowest BCUT2D eigenvalue weighted by atomic mass is 9.78. The van der Waals surface area contributed by atoms with E-state index in [4.69, 9.17) is 4.74 Å². The van der Waals surface area contributed by atoms with Crippen LogP contribution in [0.2, 0.25) is 0 Å². The summed E-state index contributed by atoms with van der Waals surface area (Å²) < 4.78 is 5.66. The molecule has 23 heavy (non-hydrogen) atoms. The van der Waals surface area contributed by atoms with Crippen molar-refractivity contribution in [2.75, 3.05) is 5.32 Å². The second-order valence-electron chi connectivity index (χ2n) is 6.41. The van der Waals surface area contributed by atoms with Crippen molar-refractivity contribution in [2.24, 2.45) is 0 Å². The highest BCUT2D eigenvalue weighted by molar-refractivity contribution is 6.12. The van der Waals surface area contributed by atoms with Crippen LogP contribution in [0.1, 0.15) is 51.5 Å². The minimum atomic E-state index is -0.704. The maximum absolute atomic E-state index is 12.9.